The Morgan fingerprint density at radius 3 is 2.84 bits per heavy atom. The van der Waals surface area contributed by atoms with Crippen molar-refractivity contribution in [3.05, 3.63) is 59.3 Å². The van der Waals surface area contributed by atoms with E-state index in [4.69, 9.17) is 4.74 Å². The van der Waals surface area contributed by atoms with Crippen LogP contribution >= 0.6 is 0 Å². The van der Waals surface area contributed by atoms with Crippen molar-refractivity contribution >= 4 is 17.7 Å². The highest BCUT2D eigenvalue weighted by Crippen LogP contribution is 2.22. The molecule has 0 aliphatic carbocycles. The number of aromatic nitrogens is 1. The van der Waals surface area contributed by atoms with E-state index in [9.17, 15) is 9.59 Å². The monoisotopic (exact) mass is 338 g/mol. The second-order valence-corrected chi connectivity index (χ2v) is 6.45. The van der Waals surface area contributed by atoms with Crippen LogP contribution in [0.15, 0.2) is 42.6 Å². The Labute approximate surface area is 147 Å². The largest absolute Gasteiger partial charge is 0.461 e. The first-order valence-corrected chi connectivity index (χ1v) is 8.60. The van der Waals surface area contributed by atoms with Crippen LogP contribution in [0.5, 0.6) is 0 Å². The summed E-state index contributed by atoms with van der Waals surface area (Å²) < 4.78 is 5.39. The number of nitrogens with one attached hydrogen (secondary N) is 1. The molecule has 1 aliphatic rings. The van der Waals surface area contributed by atoms with E-state index in [0.29, 0.717) is 25.3 Å². The third kappa shape index (κ3) is 4.66. The van der Waals surface area contributed by atoms with Crippen LogP contribution in [0.25, 0.3) is 0 Å². The number of anilines is 1. The fourth-order valence-electron chi connectivity index (χ4n) is 2.92. The van der Waals surface area contributed by atoms with Gasteiger partial charge in [-0.1, -0.05) is 43.3 Å². The first-order valence-electron chi connectivity index (χ1n) is 8.60. The predicted molar refractivity (Wildman–Crippen MR) is 94.9 cm³/mol. The minimum absolute atomic E-state index is 0.0110. The number of aryl methyl sites for hydroxylation is 1. The number of rotatable bonds is 5. The number of carbonyl (C=O) groups excluding carboxylic acids is 2. The summed E-state index contributed by atoms with van der Waals surface area (Å²) >= 11 is 0. The van der Waals surface area contributed by atoms with Gasteiger partial charge < -0.3 is 10.1 Å². The lowest BCUT2D eigenvalue weighted by molar-refractivity contribution is -0.149. The molecule has 1 aliphatic heterocycles. The molecule has 0 fully saturated rings. The van der Waals surface area contributed by atoms with Crippen molar-refractivity contribution in [3.63, 3.8) is 0 Å². The SMILES string of the molecule is CC(Cc1cnc2c(c1)CCCC(=O)N2)C(=O)OCc1ccccc1. The van der Waals surface area contributed by atoms with Gasteiger partial charge in [0, 0.05) is 12.6 Å². The number of ether oxygens (including phenoxy) is 1. The minimum atomic E-state index is -0.246. The van der Waals surface area contributed by atoms with E-state index in [1.54, 1.807) is 6.20 Å². The van der Waals surface area contributed by atoms with Gasteiger partial charge in [0.05, 0.1) is 5.92 Å². The molecule has 0 radical (unpaired) electrons. The maximum atomic E-state index is 12.2. The van der Waals surface area contributed by atoms with Gasteiger partial charge in [-0.2, -0.15) is 0 Å². The number of esters is 1. The van der Waals surface area contributed by atoms with E-state index in [-0.39, 0.29) is 17.8 Å². The zero-order valence-corrected chi connectivity index (χ0v) is 14.3. The molecular formula is C20H22N2O3. The molecule has 0 saturated carbocycles. The standard InChI is InChI=1S/C20H22N2O3/c1-14(20(24)25-13-15-6-3-2-4-7-15)10-16-11-17-8-5-9-18(23)22-19(17)21-12-16/h2-4,6-7,11-12,14H,5,8-10,13H2,1H3,(H,21,22,23). The van der Waals surface area contributed by atoms with Gasteiger partial charge in [0.15, 0.2) is 0 Å². The van der Waals surface area contributed by atoms with E-state index in [2.05, 4.69) is 10.3 Å². The number of benzene rings is 1. The molecular weight excluding hydrogens is 316 g/mol. The topological polar surface area (TPSA) is 68.3 Å². The minimum Gasteiger partial charge on any atom is -0.461 e. The second-order valence-electron chi connectivity index (χ2n) is 6.45. The van der Waals surface area contributed by atoms with E-state index in [1.807, 2.05) is 43.3 Å². The zero-order valence-electron chi connectivity index (χ0n) is 14.3. The van der Waals surface area contributed by atoms with E-state index < -0.39 is 0 Å². The van der Waals surface area contributed by atoms with E-state index in [1.165, 1.54) is 0 Å². The first kappa shape index (κ1) is 17.1. The molecule has 2 aromatic rings. The Bertz CT molecular complexity index is 759. The molecule has 1 amide bonds. The summed E-state index contributed by atoms with van der Waals surface area (Å²) in [6.07, 6.45) is 4.46. The maximum Gasteiger partial charge on any atom is 0.309 e. The second kappa shape index (κ2) is 7.92. The molecule has 5 heteroatoms. The number of carbonyl (C=O) groups is 2. The third-order valence-electron chi connectivity index (χ3n) is 4.30. The number of hydrogen-bond donors (Lipinski definition) is 1. The lowest BCUT2D eigenvalue weighted by Gasteiger charge is -2.13. The van der Waals surface area contributed by atoms with Gasteiger partial charge in [-0.3, -0.25) is 9.59 Å². The van der Waals surface area contributed by atoms with Crippen LogP contribution in [0.3, 0.4) is 0 Å². The van der Waals surface area contributed by atoms with Gasteiger partial charge in [-0.25, -0.2) is 4.98 Å². The van der Waals surface area contributed by atoms with Gasteiger partial charge in [0.2, 0.25) is 5.91 Å². The molecule has 0 saturated heterocycles. The van der Waals surface area contributed by atoms with Crippen molar-refractivity contribution in [3.8, 4) is 0 Å². The van der Waals surface area contributed by atoms with Crippen molar-refractivity contribution in [2.24, 2.45) is 5.92 Å². The Morgan fingerprint density at radius 2 is 2.04 bits per heavy atom. The summed E-state index contributed by atoms with van der Waals surface area (Å²) in [5.74, 6) is 0.193. The predicted octanol–water partition coefficient (Wildman–Crippen LogP) is 3.28. The summed E-state index contributed by atoms with van der Waals surface area (Å²) in [6.45, 7) is 2.15. The van der Waals surface area contributed by atoms with Crippen molar-refractivity contribution in [1.29, 1.82) is 0 Å². The summed E-state index contributed by atoms with van der Waals surface area (Å²) in [5, 5.41) is 2.82. The Morgan fingerprint density at radius 1 is 1.24 bits per heavy atom. The van der Waals surface area contributed by atoms with Crippen LogP contribution in [0.2, 0.25) is 0 Å². The molecule has 0 spiro atoms. The molecule has 1 atom stereocenters. The lowest BCUT2D eigenvalue weighted by Crippen LogP contribution is -2.17. The number of pyridine rings is 1. The van der Waals surface area contributed by atoms with Gasteiger partial charge in [0.25, 0.3) is 0 Å². The molecule has 3 rings (SSSR count). The molecule has 5 nitrogen and oxygen atoms in total. The van der Waals surface area contributed by atoms with E-state index >= 15 is 0 Å². The average molecular weight is 338 g/mol. The van der Waals surface area contributed by atoms with Gasteiger partial charge in [0.1, 0.15) is 12.4 Å². The third-order valence-corrected chi connectivity index (χ3v) is 4.30. The number of hydrogen-bond acceptors (Lipinski definition) is 4. The number of nitrogens with zero attached hydrogens (tertiary/aromatic N) is 1. The van der Waals surface area contributed by atoms with Crippen LogP contribution < -0.4 is 5.32 Å². The summed E-state index contributed by atoms with van der Waals surface area (Å²) in [7, 11) is 0. The summed E-state index contributed by atoms with van der Waals surface area (Å²) in [5.41, 5.74) is 3.00. The number of amides is 1. The smallest absolute Gasteiger partial charge is 0.309 e. The normalized spacial score (nSPS) is 14.8. The molecule has 0 bridgehead atoms. The van der Waals surface area contributed by atoms with Crippen LogP contribution in [0.1, 0.15) is 36.5 Å². The van der Waals surface area contributed by atoms with Gasteiger partial charge in [-0.05, 0) is 36.0 Å². The van der Waals surface area contributed by atoms with Crippen molar-refractivity contribution in [2.45, 2.75) is 39.2 Å². The molecule has 130 valence electrons. The summed E-state index contributed by atoms with van der Waals surface area (Å²) in [4.78, 5) is 28.1. The average Bonchev–Trinajstić information content (AvgIpc) is 2.80. The molecule has 1 aromatic carbocycles. The fourth-order valence-corrected chi connectivity index (χ4v) is 2.92. The Hall–Kier alpha value is -2.69. The molecule has 2 heterocycles. The molecule has 1 N–H and O–H groups in total. The van der Waals surface area contributed by atoms with E-state index in [0.717, 1.165) is 29.5 Å². The zero-order chi connectivity index (χ0) is 17.6. The quantitative estimate of drug-likeness (QED) is 0.850. The first-order chi connectivity index (χ1) is 12.1. The van der Waals surface area contributed by atoms with Crippen LogP contribution in [0, 0.1) is 5.92 Å². The van der Waals surface area contributed by atoms with Crippen LogP contribution in [0.4, 0.5) is 5.82 Å². The molecule has 1 aromatic heterocycles. The van der Waals surface area contributed by atoms with Crippen molar-refractivity contribution < 1.29 is 14.3 Å². The maximum absolute atomic E-state index is 12.2. The van der Waals surface area contributed by atoms with Crippen molar-refractivity contribution in [2.75, 3.05) is 5.32 Å². The summed E-state index contributed by atoms with van der Waals surface area (Å²) in [6, 6.07) is 11.7. The van der Waals surface area contributed by atoms with Crippen LogP contribution in [-0.4, -0.2) is 16.9 Å². The fraction of sp³-hybridized carbons (Fsp3) is 0.350. The number of fused-ring (bicyclic) bond motifs is 1. The Kier molecular flexibility index (Phi) is 5.43. The highest BCUT2D eigenvalue weighted by atomic mass is 16.5. The van der Waals surface area contributed by atoms with Gasteiger partial charge in [-0.15, -0.1) is 0 Å². The highest BCUT2D eigenvalue weighted by Gasteiger charge is 2.18. The Balaban J connectivity index is 1.59. The molecule has 25 heavy (non-hydrogen) atoms. The van der Waals surface area contributed by atoms with Crippen molar-refractivity contribution in [1.82, 2.24) is 4.98 Å². The highest BCUT2D eigenvalue weighted by molar-refractivity contribution is 5.91. The lowest BCUT2D eigenvalue weighted by atomic mass is 10.00. The van der Waals surface area contributed by atoms with Crippen LogP contribution in [-0.2, 0) is 33.8 Å². The van der Waals surface area contributed by atoms with Gasteiger partial charge >= 0.3 is 5.97 Å². The molecule has 1 unspecified atom stereocenters.